The maximum Gasteiger partial charge on any atom is 0.270 e. The molecule has 18 heavy (non-hydrogen) atoms. The SMILES string of the molecule is O=C1NC(=O)C(c2c[nH]c3ccc(F)cc23)=C1Cl. The molecule has 0 fully saturated rings. The Bertz CT molecular complexity index is 733. The number of aromatic nitrogens is 1. The second-order valence-corrected chi connectivity index (χ2v) is 4.24. The van der Waals surface area contributed by atoms with Crippen molar-refractivity contribution in [1.29, 1.82) is 0 Å². The molecule has 0 saturated heterocycles. The van der Waals surface area contributed by atoms with Crippen molar-refractivity contribution in [1.82, 2.24) is 10.3 Å². The summed E-state index contributed by atoms with van der Waals surface area (Å²) >= 11 is 5.79. The second kappa shape index (κ2) is 3.68. The molecule has 1 aliphatic heterocycles. The van der Waals surface area contributed by atoms with Crippen LogP contribution in [0, 0.1) is 5.82 Å². The fourth-order valence-corrected chi connectivity index (χ4v) is 2.21. The van der Waals surface area contributed by atoms with Crippen molar-refractivity contribution >= 4 is 39.9 Å². The molecule has 2 heterocycles. The number of hydrogen-bond acceptors (Lipinski definition) is 2. The number of H-pyrrole nitrogens is 1. The zero-order valence-corrected chi connectivity index (χ0v) is 9.64. The van der Waals surface area contributed by atoms with Crippen molar-refractivity contribution < 1.29 is 14.0 Å². The minimum Gasteiger partial charge on any atom is -0.361 e. The fraction of sp³-hybridized carbons (Fsp3) is 0. The standard InChI is InChI=1S/C12H6ClFN2O2/c13-10-9(11(17)16-12(10)18)7-4-15-8-2-1-5(14)3-6(7)8/h1-4,15H,(H,16,17,18). The van der Waals surface area contributed by atoms with E-state index >= 15 is 0 Å². The number of carbonyl (C=O) groups is 2. The van der Waals surface area contributed by atoms with Gasteiger partial charge in [-0.15, -0.1) is 0 Å². The number of halogens is 2. The second-order valence-electron chi connectivity index (χ2n) is 3.86. The zero-order chi connectivity index (χ0) is 12.9. The molecule has 3 rings (SSSR count). The van der Waals surface area contributed by atoms with E-state index in [4.69, 9.17) is 11.6 Å². The van der Waals surface area contributed by atoms with E-state index in [1.807, 2.05) is 0 Å². The van der Waals surface area contributed by atoms with Gasteiger partial charge in [0.05, 0.1) is 5.57 Å². The lowest BCUT2D eigenvalue weighted by molar-refractivity contribution is -0.123. The van der Waals surface area contributed by atoms with Gasteiger partial charge in [0.1, 0.15) is 10.8 Å². The van der Waals surface area contributed by atoms with Crippen LogP contribution in [0.2, 0.25) is 0 Å². The van der Waals surface area contributed by atoms with Crippen LogP contribution in [0.25, 0.3) is 16.5 Å². The number of aromatic amines is 1. The lowest BCUT2D eigenvalue weighted by Crippen LogP contribution is -2.22. The van der Waals surface area contributed by atoms with Gasteiger partial charge in [-0.3, -0.25) is 14.9 Å². The summed E-state index contributed by atoms with van der Waals surface area (Å²) in [4.78, 5) is 25.8. The summed E-state index contributed by atoms with van der Waals surface area (Å²) in [7, 11) is 0. The lowest BCUT2D eigenvalue weighted by atomic mass is 10.1. The van der Waals surface area contributed by atoms with Crippen LogP contribution in [-0.2, 0) is 9.59 Å². The maximum atomic E-state index is 13.2. The van der Waals surface area contributed by atoms with Crippen molar-refractivity contribution in [3.63, 3.8) is 0 Å². The summed E-state index contributed by atoms with van der Waals surface area (Å²) in [5.41, 5.74) is 1.15. The molecule has 0 atom stereocenters. The van der Waals surface area contributed by atoms with Crippen molar-refractivity contribution in [3.05, 3.63) is 40.8 Å². The molecule has 2 aromatic rings. The molecule has 2 amide bonds. The first-order valence-corrected chi connectivity index (χ1v) is 5.48. The summed E-state index contributed by atoms with van der Waals surface area (Å²) in [5.74, 6) is -1.64. The quantitative estimate of drug-likeness (QED) is 0.773. The van der Waals surface area contributed by atoms with Gasteiger partial charge in [0, 0.05) is 22.7 Å². The number of amides is 2. The molecule has 1 aromatic heterocycles. The topological polar surface area (TPSA) is 62.0 Å². The minimum atomic E-state index is -0.637. The predicted octanol–water partition coefficient (Wildman–Crippen LogP) is 1.91. The largest absolute Gasteiger partial charge is 0.361 e. The van der Waals surface area contributed by atoms with Gasteiger partial charge in [-0.05, 0) is 18.2 Å². The van der Waals surface area contributed by atoms with Crippen LogP contribution in [0.15, 0.2) is 29.4 Å². The molecular weight excluding hydrogens is 259 g/mol. The molecule has 0 saturated carbocycles. The molecule has 4 nitrogen and oxygen atoms in total. The van der Waals surface area contributed by atoms with Gasteiger partial charge in [0.25, 0.3) is 11.8 Å². The first-order chi connectivity index (χ1) is 8.58. The average molecular weight is 265 g/mol. The fourth-order valence-electron chi connectivity index (χ4n) is 1.97. The van der Waals surface area contributed by atoms with Gasteiger partial charge >= 0.3 is 0 Å². The third-order valence-corrected chi connectivity index (χ3v) is 3.15. The molecule has 6 heteroatoms. The van der Waals surface area contributed by atoms with Crippen molar-refractivity contribution in [2.75, 3.05) is 0 Å². The molecule has 0 spiro atoms. The van der Waals surface area contributed by atoms with E-state index in [1.165, 1.54) is 18.3 Å². The number of imide groups is 1. The molecule has 1 aliphatic rings. The number of carbonyl (C=O) groups excluding carboxylic acids is 2. The smallest absolute Gasteiger partial charge is 0.270 e. The van der Waals surface area contributed by atoms with Gasteiger partial charge in [0.2, 0.25) is 0 Å². The average Bonchev–Trinajstić information content (AvgIpc) is 2.82. The highest BCUT2D eigenvalue weighted by molar-refractivity contribution is 6.55. The van der Waals surface area contributed by atoms with Crippen LogP contribution in [0.5, 0.6) is 0 Å². The van der Waals surface area contributed by atoms with Crippen LogP contribution in [-0.4, -0.2) is 16.8 Å². The number of hydrogen-bond donors (Lipinski definition) is 2. The Balaban J connectivity index is 2.30. The molecule has 90 valence electrons. The first kappa shape index (κ1) is 11.0. The van der Waals surface area contributed by atoms with Crippen LogP contribution in [0.1, 0.15) is 5.56 Å². The van der Waals surface area contributed by atoms with Gasteiger partial charge in [-0.1, -0.05) is 11.6 Å². The maximum absolute atomic E-state index is 13.2. The molecule has 0 radical (unpaired) electrons. The Morgan fingerprint density at radius 1 is 1.17 bits per heavy atom. The number of rotatable bonds is 1. The van der Waals surface area contributed by atoms with Gasteiger partial charge < -0.3 is 4.98 Å². The van der Waals surface area contributed by atoms with Crippen LogP contribution in [0.4, 0.5) is 4.39 Å². The zero-order valence-electron chi connectivity index (χ0n) is 8.88. The van der Waals surface area contributed by atoms with E-state index in [1.54, 1.807) is 6.07 Å². The molecule has 0 bridgehead atoms. The highest BCUT2D eigenvalue weighted by Crippen LogP contribution is 2.31. The van der Waals surface area contributed by atoms with Gasteiger partial charge in [-0.25, -0.2) is 4.39 Å². The van der Waals surface area contributed by atoms with Crippen LogP contribution < -0.4 is 5.32 Å². The van der Waals surface area contributed by atoms with Crippen molar-refractivity contribution in [2.24, 2.45) is 0 Å². The first-order valence-electron chi connectivity index (χ1n) is 5.10. The summed E-state index contributed by atoms with van der Waals surface area (Å²) in [5, 5.41) is 2.42. The van der Waals surface area contributed by atoms with E-state index in [0.717, 1.165) is 0 Å². The number of fused-ring (bicyclic) bond motifs is 1. The summed E-state index contributed by atoms with van der Waals surface area (Å²) < 4.78 is 13.2. The molecule has 0 aliphatic carbocycles. The van der Waals surface area contributed by atoms with E-state index in [-0.39, 0.29) is 10.6 Å². The minimum absolute atomic E-state index is 0.0681. The van der Waals surface area contributed by atoms with Crippen molar-refractivity contribution in [2.45, 2.75) is 0 Å². The Morgan fingerprint density at radius 3 is 2.61 bits per heavy atom. The van der Waals surface area contributed by atoms with E-state index < -0.39 is 17.6 Å². The lowest BCUT2D eigenvalue weighted by Gasteiger charge is -1.98. The molecular formula is C12H6ClFN2O2. The number of benzene rings is 1. The van der Waals surface area contributed by atoms with Crippen LogP contribution >= 0.6 is 11.6 Å². The predicted molar refractivity (Wildman–Crippen MR) is 64.2 cm³/mol. The highest BCUT2D eigenvalue weighted by Gasteiger charge is 2.31. The summed E-state index contributed by atoms with van der Waals surface area (Å²) in [6, 6.07) is 4.14. The van der Waals surface area contributed by atoms with Crippen LogP contribution in [0.3, 0.4) is 0 Å². The van der Waals surface area contributed by atoms with E-state index in [9.17, 15) is 14.0 Å². The normalized spacial score (nSPS) is 15.7. The van der Waals surface area contributed by atoms with E-state index in [2.05, 4.69) is 10.3 Å². The third-order valence-electron chi connectivity index (χ3n) is 2.79. The summed E-state index contributed by atoms with van der Waals surface area (Å²) in [6.07, 6.45) is 1.53. The van der Waals surface area contributed by atoms with E-state index in [0.29, 0.717) is 16.5 Å². The van der Waals surface area contributed by atoms with Crippen molar-refractivity contribution in [3.8, 4) is 0 Å². The third kappa shape index (κ3) is 1.44. The Labute approximate surface area is 105 Å². The number of nitrogens with one attached hydrogen (secondary N) is 2. The van der Waals surface area contributed by atoms with Gasteiger partial charge in [-0.2, -0.15) is 0 Å². The molecule has 0 unspecified atom stereocenters. The molecule has 1 aromatic carbocycles. The van der Waals surface area contributed by atoms with Gasteiger partial charge in [0.15, 0.2) is 0 Å². The summed E-state index contributed by atoms with van der Waals surface area (Å²) in [6.45, 7) is 0. The molecule has 2 N–H and O–H groups in total. The Morgan fingerprint density at radius 2 is 1.94 bits per heavy atom. The highest BCUT2D eigenvalue weighted by atomic mass is 35.5. The monoisotopic (exact) mass is 264 g/mol. The Kier molecular flexibility index (Phi) is 2.24. The Hall–Kier alpha value is -2.14.